The summed E-state index contributed by atoms with van der Waals surface area (Å²) in [6, 6.07) is 3.62. The predicted octanol–water partition coefficient (Wildman–Crippen LogP) is 2.25. The van der Waals surface area contributed by atoms with Crippen LogP contribution in [0.15, 0.2) is 24.3 Å². The summed E-state index contributed by atoms with van der Waals surface area (Å²) >= 11 is 0. The van der Waals surface area contributed by atoms with Crippen LogP contribution in [0.2, 0.25) is 0 Å². The monoisotopic (exact) mass is 296 g/mol. The van der Waals surface area contributed by atoms with Gasteiger partial charge in [-0.15, -0.1) is 0 Å². The van der Waals surface area contributed by atoms with Crippen molar-refractivity contribution in [1.82, 2.24) is 5.32 Å². The first-order valence-corrected chi connectivity index (χ1v) is 6.07. The Labute approximate surface area is 120 Å². The normalized spacial score (nSPS) is 12.3. The number of carbonyl (C=O) groups is 2. The number of ether oxygens (including phenoxy) is 1. The van der Waals surface area contributed by atoms with E-state index in [1.165, 1.54) is 18.2 Å². The number of aliphatic carboxylic acids is 1. The van der Waals surface area contributed by atoms with Gasteiger partial charge in [-0.2, -0.15) is 0 Å². The van der Waals surface area contributed by atoms with Gasteiger partial charge in [-0.1, -0.05) is 12.1 Å². The van der Waals surface area contributed by atoms with Crippen LogP contribution in [-0.2, 0) is 9.53 Å². The highest BCUT2D eigenvalue weighted by Crippen LogP contribution is 2.20. The first-order chi connectivity index (χ1) is 9.60. The molecule has 0 aliphatic carbocycles. The van der Waals surface area contributed by atoms with Gasteiger partial charge >= 0.3 is 12.1 Å². The van der Waals surface area contributed by atoms with Crippen LogP contribution < -0.4 is 5.32 Å². The average Bonchev–Trinajstić information content (AvgIpc) is 2.33. The molecule has 0 aliphatic heterocycles. The van der Waals surface area contributed by atoms with Gasteiger partial charge in [0.05, 0.1) is 4.92 Å². The molecule has 0 saturated carbocycles. The molecule has 8 nitrogen and oxygen atoms in total. The number of nitro benzene ring substituents is 1. The first kappa shape index (κ1) is 16.4. The molecular weight excluding hydrogens is 280 g/mol. The van der Waals surface area contributed by atoms with Crippen LogP contribution in [-0.4, -0.2) is 27.7 Å². The maximum absolute atomic E-state index is 11.6. The number of benzene rings is 1. The smallest absolute Gasteiger partial charge is 0.408 e. The van der Waals surface area contributed by atoms with E-state index in [4.69, 9.17) is 9.84 Å². The second-order valence-electron chi connectivity index (χ2n) is 5.27. The number of carboxylic acid groups (broad SMARTS) is 1. The minimum absolute atomic E-state index is 0.0857. The molecule has 0 aromatic heterocycles. The largest absolute Gasteiger partial charge is 0.479 e. The number of nitrogens with one attached hydrogen (secondary N) is 1. The van der Waals surface area contributed by atoms with Crippen molar-refractivity contribution in [3.05, 3.63) is 39.9 Å². The molecule has 0 fully saturated rings. The van der Waals surface area contributed by atoms with E-state index in [1.54, 1.807) is 20.8 Å². The van der Waals surface area contributed by atoms with Crippen LogP contribution in [0.1, 0.15) is 32.4 Å². The van der Waals surface area contributed by atoms with E-state index in [0.717, 1.165) is 6.07 Å². The van der Waals surface area contributed by atoms with Crippen LogP contribution in [0, 0.1) is 10.1 Å². The third-order valence-electron chi connectivity index (χ3n) is 2.32. The molecule has 1 rings (SSSR count). The summed E-state index contributed by atoms with van der Waals surface area (Å²) in [7, 11) is 0. The Hall–Kier alpha value is -2.64. The molecule has 1 amide bonds. The highest BCUT2D eigenvalue weighted by atomic mass is 16.6. The maximum Gasteiger partial charge on any atom is 0.408 e. The van der Waals surface area contributed by atoms with E-state index in [-0.39, 0.29) is 11.3 Å². The Morgan fingerprint density at radius 2 is 2.00 bits per heavy atom. The van der Waals surface area contributed by atoms with Gasteiger partial charge in [0.2, 0.25) is 0 Å². The van der Waals surface area contributed by atoms with Gasteiger partial charge in [-0.3, -0.25) is 10.1 Å². The number of non-ortho nitro benzene ring substituents is 1. The highest BCUT2D eigenvalue weighted by Gasteiger charge is 2.26. The predicted molar refractivity (Wildman–Crippen MR) is 72.8 cm³/mol. The van der Waals surface area contributed by atoms with Crippen molar-refractivity contribution in [2.24, 2.45) is 0 Å². The van der Waals surface area contributed by atoms with E-state index in [2.05, 4.69) is 5.32 Å². The molecular formula is C13H16N2O6. The molecule has 0 saturated heterocycles. The zero-order valence-electron chi connectivity index (χ0n) is 11.8. The number of hydrogen-bond acceptors (Lipinski definition) is 5. The molecule has 2 N–H and O–H groups in total. The van der Waals surface area contributed by atoms with Gasteiger partial charge in [-0.05, 0) is 26.3 Å². The SMILES string of the molecule is CC(C)(C)OC(=O)N[C@H](C(=O)O)c1cccc([N+](=O)[O-])c1. The lowest BCUT2D eigenvalue weighted by Gasteiger charge is -2.22. The summed E-state index contributed by atoms with van der Waals surface area (Å²) in [6.45, 7) is 4.90. The number of amides is 1. The Bertz CT molecular complexity index is 564. The summed E-state index contributed by atoms with van der Waals surface area (Å²) in [5.41, 5.74) is -0.956. The number of rotatable bonds is 4. The van der Waals surface area contributed by atoms with Gasteiger partial charge < -0.3 is 15.2 Å². The number of carboxylic acids is 1. The Morgan fingerprint density at radius 1 is 1.38 bits per heavy atom. The standard InChI is InChI=1S/C13H16N2O6/c1-13(2,3)21-12(18)14-10(11(16)17)8-5-4-6-9(7-8)15(19)20/h4-7,10H,1-3H3,(H,14,18)(H,16,17)/t10-/m0/s1. The average molecular weight is 296 g/mol. The molecule has 0 unspecified atom stereocenters. The van der Waals surface area contributed by atoms with Crippen molar-refractivity contribution in [2.75, 3.05) is 0 Å². The summed E-state index contributed by atoms with van der Waals surface area (Å²) in [5.74, 6) is -1.35. The molecule has 1 aromatic rings. The first-order valence-electron chi connectivity index (χ1n) is 6.07. The quantitative estimate of drug-likeness (QED) is 0.649. The number of hydrogen-bond donors (Lipinski definition) is 2. The highest BCUT2D eigenvalue weighted by molar-refractivity contribution is 5.81. The van der Waals surface area contributed by atoms with Crippen molar-refractivity contribution in [1.29, 1.82) is 0 Å². The van der Waals surface area contributed by atoms with Crippen molar-refractivity contribution < 1.29 is 24.4 Å². The van der Waals surface area contributed by atoms with Crippen LogP contribution in [0.5, 0.6) is 0 Å². The van der Waals surface area contributed by atoms with Crippen LogP contribution >= 0.6 is 0 Å². The summed E-state index contributed by atoms with van der Waals surface area (Å²) in [5, 5.41) is 22.0. The third kappa shape index (κ3) is 5.09. The maximum atomic E-state index is 11.6. The molecule has 0 spiro atoms. The topological polar surface area (TPSA) is 119 Å². The fourth-order valence-corrected chi connectivity index (χ4v) is 1.53. The van der Waals surface area contributed by atoms with Crippen molar-refractivity contribution in [3.63, 3.8) is 0 Å². The zero-order chi connectivity index (χ0) is 16.2. The number of nitrogens with zero attached hydrogens (tertiary/aromatic N) is 1. The molecule has 0 aliphatic rings. The Balaban J connectivity index is 2.97. The molecule has 8 heteroatoms. The lowest BCUT2D eigenvalue weighted by Crippen LogP contribution is -2.38. The number of alkyl carbamates (subject to hydrolysis) is 1. The number of nitro groups is 1. The number of carbonyl (C=O) groups excluding carboxylic acids is 1. The van der Waals surface area contributed by atoms with E-state index < -0.39 is 28.6 Å². The van der Waals surface area contributed by atoms with Gasteiger partial charge in [-0.25, -0.2) is 9.59 Å². The van der Waals surface area contributed by atoms with Crippen LogP contribution in [0.4, 0.5) is 10.5 Å². The fourth-order valence-electron chi connectivity index (χ4n) is 1.53. The molecule has 21 heavy (non-hydrogen) atoms. The van der Waals surface area contributed by atoms with E-state index >= 15 is 0 Å². The van der Waals surface area contributed by atoms with Gasteiger partial charge in [0.25, 0.3) is 5.69 Å². The summed E-state index contributed by atoms with van der Waals surface area (Å²) in [6.07, 6.45) is -0.915. The van der Waals surface area contributed by atoms with Gasteiger partial charge in [0.15, 0.2) is 6.04 Å². The third-order valence-corrected chi connectivity index (χ3v) is 2.32. The molecule has 114 valence electrons. The Morgan fingerprint density at radius 3 is 2.48 bits per heavy atom. The second-order valence-corrected chi connectivity index (χ2v) is 5.27. The fraction of sp³-hybridized carbons (Fsp3) is 0.385. The molecule has 0 bridgehead atoms. The minimum Gasteiger partial charge on any atom is -0.479 e. The summed E-state index contributed by atoms with van der Waals surface area (Å²) < 4.78 is 4.97. The van der Waals surface area contributed by atoms with Gasteiger partial charge in [0.1, 0.15) is 5.60 Å². The minimum atomic E-state index is -1.43. The molecule has 1 atom stereocenters. The zero-order valence-corrected chi connectivity index (χ0v) is 11.8. The lowest BCUT2D eigenvalue weighted by molar-refractivity contribution is -0.384. The van der Waals surface area contributed by atoms with Gasteiger partial charge in [0, 0.05) is 12.1 Å². The van der Waals surface area contributed by atoms with E-state index in [1.807, 2.05) is 0 Å². The second kappa shape index (κ2) is 6.21. The van der Waals surface area contributed by atoms with E-state index in [9.17, 15) is 19.7 Å². The van der Waals surface area contributed by atoms with Crippen molar-refractivity contribution >= 4 is 17.7 Å². The molecule has 0 radical (unpaired) electrons. The lowest BCUT2D eigenvalue weighted by atomic mass is 10.1. The van der Waals surface area contributed by atoms with Crippen molar-refractivity contribution in [2.45, 2.75) is 32.4 Å². The van der Waals surface area contributed by atoms with Crippen molar-refractivity contribution in [3.8, 4) is 0 Å². The molecule has 1 aromatic carbocycles. The Kier molecular flexibility index (Phi) is 4.85. The summed E-state index contributed by atoms with van der Waals surface area (Å²) in [4.78, 5) is 32.9. The van der Waals surface area contributed by atoms with Crippen LogP contribution in [0.3, 0.4) is 0 Å². The molecule has 0 heterocycles. The van der Waals surface area contributed by atoms with E-state index in [0.29, 0.717) is 0 Å². The van der Waals surface area contributed by atoms with Crippen LogP contribution in [0.25, 0.3) is 0 Å².